The van der Waals surface area contributed by atoms with Crippen molar-refractivity contribution in [2.24, 2.45) is 0 Å². The summed E-state index contributed by atoms with van der Waals surface area (Å²) in [7, 11) is 0. The number of fused-ring (bicyclic) bond motifs is 1. The first-order valence-corrected chi connectivity index (χ1v) is 2.75. The Balaban J connectivity index is 0.000000605. The maximum absolute atomic E-state index is 10.9. The van der Waals surface area contributed by atoms with Gasteiger partial charge in [-0.05, 0) is 0 Å². The molecule has 0 aliphatic carbocycles. The van der Waals surface area contributed by atoms with Crippen LogP contribution in [0.1, 0.15) is 0 Å². The van der Waals surface area contributed by atoms with Crippen molar-refractivity contribution in [3.05, 3.63) is 28.9 Å². The predicted molar refractivity (Wildman–Crippen MR) is 33.6 cm³/mol. The number of aromatic amines is 1. The van der Waals surface area contributed by atoms with E-state index >= 15 is 0 Å². The number of H-pyrrole nitrogens is 1. The number of nitrogens with one attached hydrogen (secondary N) is 1. The van der Waals surface area contributed by atoms with Crippen molar-refractivity contribution in [2.75, 3.05) is 0 Å². The molecule has 2 heterocycles. The van der Waals surface area contributed by atoms with Gasteiger partial charge in [0.2, 0.25) is 0 Å². The van der Waals surface area contributed by atoms with Gasteiger partial charge in [-0.25, -0.2) is 9.97 Å². The molecule has 0 atom stereocenters. The first-order chi connectivity index (χ1) is 4.88. The fourth-order valence-corrected chi connectivity index (χ4v) is 0.755. The molecule has 0 amide bonds. The van der Waals surface area contributed by atoms with Crippen LogP contribution in [0.2, 0.25) is 0 Å². The molecule has 2 rings (SSSR count). The van der Waals surface area contributed by atoms with Gasteiger partial charge in [0, 0.05) is 12.3 Å². The van der Waals surface area contributed by atoms with Gasteiger partial charge in [0.1, 0.15) is 6.33 Å². The molecule has 0 aliphatic rings. The van der Waals surface area contributed by atoms with Crippen molar-refractivity contribution in [3.63, 3.8) is 0 Å². The Morgan fingerprint density at radius 1 is 1.45 bits per heavy atom. The molecule has 2 aromatic heterocycles. The fourth-order valence-electron chi connectivity index (χ4n) is 0.755. The minimum absolute atomic E-state index is 0. The largest absolute Gasteiger partial charge is 1.00 e. The van der Waals surface area contributed by atoms with Gasteiger partial charge in [0.25, 0.3) is 11.3 Å². The van der Waals surface area contributed by atoms with E-state index in [9.17, 15) is 4.79 Å². The van der Waals surface area contributed by atoms with Crippen LogP contribution in [0.4, 0.5) is 0 Å². The SMILES string of the molecule is O=c1ccnc2nc[nH]n12.[Na+]. The van der Waals surface area contributed by atoms with Gasteiger partial charge in [-0.1, -0.05) is 0 Å². The smallest absolute Gasteiger partial charge is 0.278 e. The summed E-state index contributed by atoms with van der Waals surface area (Å²) in [6, 6.07) is 1.37. The van der Waals surface area contributed by atoms with Crippen molar-refractivity contribution >= 4 is 5.78 Å². The molecule has 5 nitrogen and oxygen atoms in total. The van der Waals surface area contributed by atoms with Crippen LogP contribution >= 0.6 is 0 Å². The van der Waals surface area contributed by atoms with Crippen LogP contribution in [0.3, 0.4) is 0 Å². The average molecular weight is 159 g/mol. The summed E-state index contributed by atoms with van der Waals surface area (Å²) < 4.78 is 1.26. The van der Waals surface area contributed by atoms with Crippen molar-refractivity contribution in [2.45, 2.75) is 0 Å². The zero-order valence-electron chi connectivity index (χ0n) is 5.98. The van der Waals surface area contributed by atoms with Crippen molar-refractivity contribution in [1.82, 2.24) is 19.6 Å². The van der Waals surface area contributed by atoms with Crippen LogP contribution in [0.5, 0.6) is 0 Å². The number of rotatable bonds is 0. The molecule has 0 bridgehead atoms. The maximum Gasteiger partial charge on any atom is 1.00 e. The van der Waals surface area contributed by atoms with Gasteiger partial charge >= 0.3 is 29.6 Å². The van der Waals surface area contributed by atoms with E-state index in [1.165, 1.54) is 23.1 Å². The summed E-state index contributed by atoms with van der Waals surface area (Å²) in [4.78, 5) is 18.5. The molecule has 0 aromatic carbocycles. The van der Waals surface area contributed by atoms with Crippen LogP contribution in [0, 0.1) is 0 Å². The van der Waals surface area contributed by atoms with E-state index in [-0.39, 0.29) is 35.1 Å². The number of hydrogen-bond donors (Lipinski definition) is 1. The quantitative estimate of drug-likeness (QED) is 0.404. The normalized spacial score (nSPS) is 9.45. The fraction of sp³-hybridized carbons (Fsp3) is 0. The van der Waals surface area contributed by atoms with E-state index in [4.69, 9.17) is 0 Å². The van der Waals surface area contributed by atoms with Crippen LogP contribution < -0.4 is 35.1 Å². The summed E-state index contributed by atoms with van der Waals surface area (Å²) in [5, 5.41) is 2.62. The number of hydrogen-bond acceptors (Lipinski definition) is 3. The van der Waals surface area contributed by atoms with E-state index < -0.39 is 0 Å². The van der Waals surface area contributed by atoms with E-state index in [1.54, 1.807) is 0 Å². The molecular formula is C5H4N4NaO+. The summed E-state index contributed by atoms with van der Waals surface area (Å²) in [6.45, 7) is 0. The Labute approximate surface area is 83.8 Å². The Hall–Kier alpha value is -0.650. The Bertz CT molecular complexity index is 406. The summed E-state index contributed by atoms with van der Waals surface area (Å²) in [5.74, 6) is 0.396. The van der Waals surface area contributed by atoms with Gasteiger partial charge in [0.15, 0.2) is 0 Å². The molecule has 0 unspecified atom stereocenters. The van der Waals surface area contributed by atoms with Crippen LogP contribution in [-0.4, -0.2) is 19.6 Å². The van der Waals surface area contributed by atoms with Crippen LogP contribution in [-0.2, 0) is 0 Å². The minimum atomic E-state index is -0.150. The number of aromatic nitrogens is 4. The second kappa shape index (κ2) is 3.17. The molecule has 0 aliphatic heterocycles. The van der Waals surface area contributed by atoms with Crippen LogP contribution in [0.25, 0.3) is 5.78 Å². The molecule has 50 valence electrons. The first kappa shape index (κ1) is 8.45. The topological polar surface area (TPSA) is 63.0 Å². The van der Waals surface area contributed by atoms with E-state index in [1.807, 2.05) is 0 Å². The van der Waals surface area contributed by atoms with Crippen LogP contribution in [0.15, 0.2) is 23.4 Å². The summed E-state index contributed by atoms with van der Waals surface area (Å²) in [6.07, 6.45) is 2.85. The Kier molecular flexibility index (Phi) is 2.43. The van der Waals surface area contributed by atoms with Crippen molar-refractivity contribution < 1.29 is 29.6 Å². The van der Waals surface area contributed by atoms with Crippen molar-refractivity contribution in [3.8, 4) is 0 Å². The van der Waals surface area contributed by atoms with Crippen molar-refractivity contribution in [1.29, 1.82) is 0 Å². The van der Waals surface area contributed by atoms with Gasteiger partial charge in [-0.2, -0.15) is 4.52 Å². The van der Waals surface area contributed by atoms with Gasteiger partial charge in [-0.3, -0.25) is 9.89 Å². The molecule has 11 heavy (non-hydrogen) atoms. The molecule has 0 saturated carbocycles. The molecular weight excluding hydrogens is 155 g/mol. The third-order valence-corrected chi connectivity index (χ3v) is 1.19. The van der Waals surface area contributed by atoms with Gasteiger partial charge in [-0.15, -0.1) is 0 Å². The molecule has 0 radical (unpaired) electrons. The summed E-state index contributed by atoms with van der Waals surface area (Å²) in [5.41, 5.74) is -0.150. The van der Waals surface area contributed by atoms with E-state index in [2.05, 4.69) is 15.1 Å². The zero-order valence-corrected chi connectivity index (χ0v) is 7.98. The molecule has 0 fully saturated rings. The number of nitrogens with zero attached hydrogens (tertiary/aromatic N) is 3. The third-order valence-electron chi connectivity index (χ3n) is 1.19. The summed E-state index contributed by atoms with van der Waals surface area (Å²) >= 11 is 0. The van der Waals surface area contributed by atoms with E-state index in [0.29, 0.717) is 5.78 Å². The monoisotopic (exact) mass is 159 g/mol. The Morgan fingerprint density at radius 3 is 3.00 bits per heavy atom. The second-order valence-electron chi connectivity index (χ2n) is 1.81. The standard InChI is InChI=1S/C5H4N4O.Na/c10-4-1-2-6-5-7-3-8-9(4)5;/h1-3H,(H,6,7,8);/q;+1. The zero-order chi connectivity index (χ0) is 6.97. The minimum Gasteiger partial charge on any atom is -0.278 e. The third kappa shape index (κ3) is 1.35. The molecule has 0 saturated heterocycles. The average Bonchev–Trinajstić information content (AvgIpc) is 2.36. The maximum atomic E-state index is 10.9. The van der Waals surface area contributed by atoms with Gasteiger partial charge in [0.05, 0.1) is 0 Å². The second-order valence-corrected chi connectivity index (χ2v) is 1.81. The first-order valence-electron chi connectivity index (χ1n) is 2.75. The molecule has 6 heteroatoms. The molecule has 0 spiro atoms. The Morgan fingerprint density at radius 2 is 2.27 bits per heavy atom. The van der Waals surface area contributed by atoms with E-state index in [0.717, 1.165) is 0 Å². The van der Waals surface area contributed by atoms with Gasteiger partial charge < -0.3 is 0 Å². The molecule has 2 aromatic rings. The molecule has 1 N–H and O–H groups in total. The predicted octanol–water partition coefficient (Wildman–Crippen LogP) is -3.58.